The average molecular weight is 370 g/mol. The van der Waals surface area contributed by atoms with E-state index in [1.165, 1.54) is 17.7 Å². The zero-order valence-electron chi connectivity index (χ0n) is 14.3. The molecule has 0 spiro atoms. The Hall–Kier alpha value is -3.15. The molecule has 0 N–H and O–H groups in total. The number of hydrogen-bond acceptors (Lipinski definition) is 1. The molecule has 27 heavy (non-hydrogen) atoms. The fourth-order valence-electron chi connectivity index (χ4n) is 3.18. The van der Waals surface area contributed by atoms with Crippen LogP contribution in [0, 0.1) is 12.7 Å². The molecule has 4 rings (SSSR count). The van der Waals surface area contributed by atoms with Gasteiger partial charge >= 0.3 is 6.18 Å². The van der Waals surface area contributed by atoms with Crippen LogP contribution < -0.4 is 0 Å². The van der Waals surface area contributed by atoms with Gasteiger partial charge in [-0.1, -0.05) is 42.5 Å². The summed E-state index contributed by atoms with van der Waals surface area (Å²) in [4.78, 5) is 0. The molecule has 4 aromatic rings. The molecule has 0 radical (unpaired) electrons. The molecule has 0 aliphatic heterocycles. The first-order chi connectivity index (χ1) is 12.9. The standard InChI is InChI=1S/C21H14F4N2/c1-13-11-18-17(19(20(13)22)21(23,24)25)12-26-27(18)16-9-7-15(8-10-16)14-5-3-2-4-6-14/h2-12H,1H3. The van der Waals surface area contributed by atoms with Crippen LogP contribution in [0.2, 0.25) is 0 Å². The van der Waals surface area contributed by atoms with Crippen molar-refractivity contribution in [2.75, 3.05) is 0 Å². The first-order valence-electron chi connectivity index (χ1n) is 8.26. The van der Waals surface area contributed by atoms with Crippen LogP contribution >= 0.6 is 0 Å². The van der Waals surface area contributed by atoms with Gasteiger partial charge in [-0.25, -0.2) is 9.07 Å². The Morgan fingerprint density at radius 2 is 1.52 bits per heavy atom. The summed E-state index contributed by atoms with van der Waals surface area (Å²) in [5.74, 6) is -1.26. The Bertz CT molecular complexity index is 1110. The molecule has 0 aliphatic rings. The molecule has 2 nitrogen and oxygen atoms in total. The van der Waals surface area contributed by atoms with Crippen molar-refractivity contribution in [3.05, 3.63) is 83.8 Å². The van der Waals surface area contributed by atoms with E-state index in [0.717, 1.165) is 17.3 Å². The SMILES string of the molecule is Cc1cc2c(cnn2-c2ccc(-c3ccccc3)cc2)c(C(F)(F)F)c1F. The van der Waals surface area contributed by atoms with Gasteiger partial charge in [0.1, 0.15) is 11.4 Å². The van der Waals surface area contributed by atoms with Crippen molar-refractivity contribution in [3.8, 4) is 16.8 Å². The highest BCUT2D eigenvalue weighted by molar-refractivity contribution is 5.85. The number of halogens is 4. The Morgan fingerprint density at radius 3 is 2.15 bits per heavy atom. The van der Waals surface area contributed by atoms with E-state index in [9.17, 15) is 17.6 Å². The molecule has 0 saturated carbocycles. The van der Waals surface area contributed by atoms with Crippen LogP contribution in [0.25, 0.3) is 27.7 Å². The lowest BCUT2D eigenvalue weighted by atomic mass is 10.0. The van der Waals surface area contributed by atoms with E-state index in [1.54, 1.807) is 12.1 Å². The van der Waals surface area contributed by atoms with Gasteiger partial charge in [-0.15, -0.1) is 0 Å². The molecule has 0 saturated heterocycles. The summed E-state index contributed by atoms with van der Waals surface area (Å²) >= 11 is 0. The van der Waals surface area contributed by atoms with E-state index in [0.29, 0.717) is 5.69 Å². The molecule has 0 amide bonds. The summed E-state index contributed by atoms with van der Waals surface area (Å²) in [6.07, 6.45) is -3.73. The van der Waals surface area contributed by atoms with Crippen molar-refractivity contribution < 1.29 is 17.6 Å². The van der Waals surface area contributed by atoms with Crippen LogP contribution in [0.5, 0.6) is 0 Å². The van der Waals surface area contributed by atoms with E-state index < -0.39 is 17.6 Å². The number of hydrogen-bond donors (Lipinski definition) is 0. The molecule has 1 heterocycles. The molecule has 6 heteroatoms. The van der Waals surface area contributed by atoms with Crippen molar-refractivity contribution in [2.45, 2.75) is 13.1 Å². The maximum Gasteiger partial charge on any atom is 0.419 e. The second-order valence-corrected chi connectivity index (χ2v) is 6.28. The average Bonchev–Trinajstić information content (AvgIpc) is 3.05. The van der Waals surface area contributed by atoms with Crippen LogP contribution in [-0.4, -0.2) is 9.78 Å². The topological polar surface area (TPSA) is 17.8 Å². The monoisotopic (exact) mass is 370 g/mol. The number of benzene rings is 3. The summed E-state index contributed by atoms with van der Waals surface area (Å²) < 4.78 is 55.5. The van der Waals surface area contributed by atoms with Gasteiger partial charge in [-0.05, 0) is 41.8 Å². The molecule has 1 aromatic heterocycles. The summed E-state index contributed by atoms with van der Waals surface area (Å²) in [5.41, 5.74) is 1.49. The molecule has 0 fully saturated rings. The van der Waals surface area contributed by atoms with Gasteiger partial charge in [-0.2, -0.15) is 18.3 Å². The van der Waals surface area contributed by atoms with Gasteiger partial charge in [0.05, 0.1) is 17.4 Å². The lowest BCUT2D eigenvalue weighted by Crippen LogP contribution is -2.10. The minimum absolute atomic E-state index is 0.0718. The molecule has 0 unspecified atom stereocenters. The largest absolute Gasteiger partial charge is 0.419 e. The van der Waals surface area contributed by atoms with Crippen molar-refractivity contribution in [3.63, 3.8) is 0 Å². The third-order valence-electron chi connectivity index (χ3n) is 4.50. The van der Waals surface area contributed by atoms with E-state index in [-0.39, 0.29) is 16.5 Å². The summed E-state index contributed by atoms with van der Waals surface area (Å²) in [7, 11) is 0. The van der Waals surface area contributed by atoms with E-state index >= 15 is 0 Å². The minimum Gasteiger partial charge on any atom is -0.233 e. The summed E-state index contributed by atoms with van der Waals surface area (Å²) in [6, 6.07) is 18.4. The zero-order valence-corrected chi connectivity index (χ0v) is 14.3. The highest BCUT2D eigenvalue weighted by Gasteiger charge is 2.37. The number of alkyl halides is 3. The second kappa shape index (κ2) is 6.23. The van der Waals surface area contributed by atoms with Gasteiger partial charge in [0.15, 0.2) is 0 Å². The number of rotatable bonds is 2. The first-order valence-corrected chi connectivity index (χ1v) is 8.26. The van der Waals surface area contributed by atoms with Crippen LogP contribution in [-0.2, 0) is 6.18 Å². The van der Waals surface area contributed by atoms with Crippen LogP contribution in [0.15, 0.2) is 66.9 Å². The van der Waals surface area contributed by atoms with Gasteiger partial charge in [0.25, 0.3) is 0 Å². The Balaban J connectivity index is 1.85. The number of aromatic nitrogens is 2. The molecule has 0 bridgehead atoms. The number of nitrogens with zero attached hydrogens (tertiary/aromatic N) is 2. The fraction of sp³-hybridized carbons (Fsp3) is 0.0952. The van der Waals surface area contributed by atoms with E-state index in [4.69, 9.17) is 0 Å². The van der Waals surface area contributed by atoms with Gasteiger partial charge in [0, 0.05) is 5.39 Å². The Morgan fingerprint density at radius 1 is 0.889 bits per heavy atom. The zero-order chi connectivity index (χ0) is 19.2. The Labute approximate surface area is 152 Å². The summed E-state index contributed by atoms with van der Waals surface area (Å²) in [6.45, 7) is 1.32. The fourth-order valence-corrected chi connectivity index (χ4v) is 3.18. The smallest absolute Gasteiger partial charge is 0.233 e. The number of aryl methyl sites for hydroxylation is 1. The van der Waals surface area contributed by atoms with E-state index in [1.807, 2.05) is 42.5 Å². The third kappa shape index (κ3) is 2.97. The highest BCUT2D eigenvalue weighted by atomic mass is 19.4. The van der Waals surface area contributed by atoms with Crippen molar-refractivity contribution in [2.24, 2.45) is 0 Å². The number of fused-ring (bicyclic) bond motifs is 1. The van der Waals surface area contributed by atoms with Crippen LogP contribution in [0.1, 0.15) is 11.1 Å². The predicted octanol–water partition coefficient (Wildman–Crippen LogP) is 6.16. The lowest BCUT2D eigenvalue weighted by Gasteiger charge is -2.12. The molecule has 136 valence electrons. The molecular formula is C21H14F4N2. The van der Waals surface area contributed by atoms with E-state index in [2.05, 4.69) is 5.10 Å². The highest BCUT2D eigenvalue weighted by Crippen LogP contribution is 2.38. The maximum atomic E-state index is 14.1. The van der Waals surface area contributed by atoms with Gasteiger partial charge in [-0.3, -0.25) is 0 Å². The second-order valence-electron chi connectivity index (χ2n) is 6.28. The maximum absolute atomic E-state index is 14.1. The molecule has 0 aliphatic carbocycles. The van der Waals surface area contributed by atoms with Gasteiger partial charge < -0.3 is 0 Å². The summed E-state index contributed by atoms with van der Waals surface area (Å²) in [5, 5.41) is 3.82. The minimum atomic E-state index is -4.79. The lowest BCUT2D eigenvalue weighted by molar-refractivity contribution is -0.138. The first kappa shape index (κ1) is 17.3. The van der Waals surface area contributed by atoms with Crippen molar-refractivity contribution in [1.29, 1.82) is 0 Å². The van der Waals surface area contributed by atoms with Crippen LogP contribution in [0.3, 0.4) is 0 Å². The molecular weight excluding hydrogens is 356 g/mol. The predicted molar refractivity (Wildman–Crippen MR) is 96.2 cm³/mol. The Kier molecular flexibility index (Phi) is 3.98. The normalized spacial score (nSPS) is 11.9. The van der Waals surface area contributed by atoms with Gasteiger partial charge in [0.2, 0.25) is 0 Å². The van der Waals surface area contributed by atoms with Crippen molar-refractivity contribution in [1.82, 2.24) is 9.78 Å². The quantitative estimate of drug-likeness (QED) is 0.387. The molecule has 0 atom stereocenters. The third-order valence-corrected chi connectivity index (χ3v) is 4.50. The molecule has 3 aromatic carbocycles. The van der Waals surface area contributed by atoms with Crippen LogP contribution in [0.4, 0.5) is 17.6 Å². The van der Waals surface area contributed by atoms with Crippen molar-refractivity contribution >= 4 is 10.9 Å².